The van der Waals surface area contributed by atoms with E-state index in [9.17, 15) is 13.2 Å². The molecule has 0 fully saturated rings. The van der Waals surface area contributed by atoms with Gasteiger partial charge in [-0.1, -0.05) is 54.6 Å². The SMILES string of the molecule is O=C(CS(=O)(=O)Cc1ccc(-c2ccccc2)cc1)NCCO. The molecule has 0 aliphatic rings. The summed E-state index contributed by atoms with van der Waals surface area (Å²) in [5.41, 5.74) is 2.71. The number of aliphatic hydroxyl groups is 1. The zero-order chi connectivity index (χ0) is 16.7. The highest BCUT2D eigenvalue weighted by atomic mass is 32.2. The van der Waals surface area contributed by atoms with Crippen molar-refractivity contribution < 1.29 is 18.3 Å². The lowest BCUT2D eigenvalue weighted by Gasteiger charge is -2.07. The fourth-order valence-electron chi connectivity index (χ4n) is 2.18. The lowest BCUT2D eigenvalue weighted by atomic mass is 10.0. The first-order chi connectivity index (χ1) is 11.0. The zero-order valence-corrected chi connectivity index (χ0v) is 13.4. The third-order valence-corrected chi connectivity index (χ3v) is 4.71. The predicted molar refractivity (Wildman–Crippen MR) is 89.5 cm³/mol. The van der Waals surface area contributed by atoms with Gasteiger partial charge >= 0.3 is 0 Å². The van der Waals surface area contributed by atoms with Crippen LogP contribution in [0.3, 0.4) is 0 Å². The van der Waals surface area contributed by atoms with E-state index in [4.69, 9.17) is 5.11 Å². The van der Waals surface area contributed by atoms with E-state index < -0.39 is 21.5 Å². The van der Waals surface area contributed by atoms with Crippen molar-refractivity contribution in [2.75, 3.05) is 18.9 Å². The molecular weight excluding hydrogens is 314 g/mol. The number of sulfone groups is 1. The molecule has 6 heteroatoms. The van der Waals surface area contributed by atoms with E-state index in [-0.39, 0.29) is 18.9 Å². The van der Waals surface area contributed by atoms with Crippen LogP contribution in [0.25, 0.3) is 11.1 Å². The van der Waals surface area contributed by atoms with E-state index >= 15 is 0 Å². The quantitative estimate of drug-likeness (QED) is 0.802. The average molecular weight is 333 g/mol. The molecule has 0 aliphatic carbocycles. The van der Waals surface area contributed by atoms with E-state index in [0.717, 1.165) is 11.1 Å². The molecule has 0 radical (unpaired) electrons. The van der Waals surface area contributed by atoms with Crippen LogP contribution < -0.4 is 5.32 Å². The Hall–Kier alpha value is -2.18. The maximum atomic E-state index is 12.0. The van der Waals surface area contributed by atoms with Gasteiger partial charge in [-0.2, -0.15) is 0 Å². The largest absolute Gasteiger partial charge is 0.395 e. The van der Waals surface area contributed by atoms with E-state index in [2.05, 4.69) is 5.32 Å². The Morgan fingerprint density at radius 3 is 2.17 bits per heavy atom. The second-order valence-electron chi connectivity index (χ2n) is 5.17. The molecule has 0 aliphatic heterocycles. The van der Waals surface area contributed by atoms with Crippen molar-refractivity contribution in [3.8, 4) is 11.1 Å². The number of hydrogen-bond donors (Lipinski definition) is 2. The Kier molecular flexibility index (Phi) is 5.90. The van der Waals surface area contributed by atoms with Crippen molar-refractivity contribution in [2.45, 2.75) is 5.75 Å². The molecule has 0 saturated heterocycles. The van der Waals surface area contributed by atoms with Gasteiger partial charge in [0, 0.05) is 6.54 Å². The minimum atomic E-state index is -3.54. The number of amides is 1. The standard InChI is InChI=1S/C17H19NO4S/c19-11-10-18-17(20)13-23(21,22)12-14-6-8-16(9-7-14)15-4-2-1-3-5-15/h1-9,19H,10-13H2,(H,18,20). The Morgan fingerprint density at radius 2 is 1.57 bits per heavy atom. The van der Waals surface area contributed by atoms with Crippen molar-refractivity contribution in [2.24, 2.45) is 0 Å². The van der Waals surface area contributed by atoms with E-state index in [1.165, 1.54) is 0 Å². The van der Waals surface area contributed by atoms with Gasteiger partial charge in [-0.05, 0) is 16.7 Å². The highest BCUT2D eigenvalue weighted by molar-refractivity contribution is 7.91. The predicted octanol–water partition coefficient (Wildman–Crippen LogP) is 1.38. The molecule has 2 N–H and O–H groups in total. The van der Waals surface area contributed by atoms with Crippen LogP contribution >= 0.6 is 0 Å². The summed E-state index contributed by atoms with van der Waals surface area (Å²) < 4.78 is 24.0. The Balaban J connectivity index is 2.01. The van der Waals surface area contributed by atoms with Crippen LogP contribution in [0.2, 0.25) is 0 Å². The van der Waals surface area contributed by atoms with E-state index in [1.807, 2.05) is 42.5 Å². The molecule has 0 unspecified atom stereocenters. The number of aliphatic hydroxyl groups excluding tert-OH is 1. The molecular formula is C17H19NO4S. The second kappa shape index (κ2) is 7.89. The van der Waals surface area contributed by atoms with Gasteiger partial charge in [0.15, 0.2) is 9.84 Å². The summed E-state index contributed by atoms with van der Waals surface area (Å²) in [6.45, 7) is -0.160. The molecule has 0 aromatic heterocycles. The van der Waals surface area contributed by atoms with Crippen LogP contribution in [-0.2, 0) is 20.4 Å². The highest BCUT2D eigenvalue weighted by Gasteiger charge is 2.17. The van der Waals surface area contributed by atoms with E-state index in [1.54, 1.807) is 12.1 Å². The second-order valence-corrected chi connectivity index (χ2v) is 7.23. The first-order valence-corrected chi connectivity index (χ1v) is 9.05. The topological polar surface area (TPSA) is 83.5 Å². The molecule has 2 rings (SSSR count). The first kappa shape index (κ1) is 17.2. The third kappa shape index (κ3) is 5.50. The molecule has 0 atom stereocenters. The molecule has 2 aromatic carbocycles. The maximum Gasteiger partial charge on any atom is 0.235 e. The minimum absolute atomic E-state index is 0.0557. The number of benzene rings is 2. The zero-order valence-electron chi connectivity index (χ0n) is 12.6. The van der Waals surface area contributed by atoms with Crippen molar-refractivity contribution >= 4 is 15.7 Å². The summed E-state index contributed by atoms with van der Waals surface area (Å²) in [7, 11) is -3.54. The van der Waals surface area contributed by atoms with Gasteiger partial charge in [-0.25, -0.2) is 8.42 Å². The van der Waals surface area contributed by atoms with Gasteiger partial charge in [-0.15, -0.1) is 0 Å². The Bertz CT molecular complexity index is 740. The fraction of sp³-hybridized carbons (Fsp3) is 0.235. The average Bonchev–Trinajstić information content (AvgIpc) is 2.53. The Labute approximate surface area is 135 Å². The van der Waals surface area contributed by atoms with Gasteiger partial charge in [0.1, 0.15) is 5.75 Å². The molecule has 23 heavy (non-hydrogen) atoms. The highest BCUT2D eigenvalue weighted by Crippen LogP contribution is 2.20. The smallest absolute Gasteiger partial charge is 0.235 e. The summed E-state index contributed by atoms with van der Waals surface area (Å²) in [5.74, 6) is -1.36. The van der Waals surface area contributed by atoms with Crippen LogP contribution in [0.15, 0.2) is 54.6 Å². The normalized spacial score (nSPS) is 11.2. The van der Waals surface area contributed by atoms with Gasteiger partial charge in [-0.3, -0.25) is 4.79 Å². The van der Waals surface area contributed by atoms with Crippen LogP contribution in [0.1, 0.15) is 5.56 Å². The Morgan fingerprint density at radius 1 is 0.957 bits per heavy atom. The van der Waals surface area contributed by atoms with Crippen molar-refractivity contribution in [3.63, 3.8) is 0 Å². The van der Waals surface area contributed by atoms with Crippen LogP contribution in [0.5, 0.6) is 0 Å². The summed E-state index contributed by atoms with van der Waals surface area (Å²) in [5, 5.41) is 10.9. The van der Waals surface area contributed by atoms with Crippen molar-refractivity contribution in [1.82, 2.24) is 5.32 Å². The monoisotopic (exact) mass is 333 g/mol. The van der Waals surface area contributed by atoms with Crippen molar-refractivity contribution in [3.05, 3.63) is 60.2 Å². The lowest BCUT2D eigenvalue weighted by Crippen LogP contribution is -2.32. The molecule has 2 aromatic rings. The molecule has 0 spiro atoms. The number of rotatable bonds is 7. The molecule has 122 valence electrons. The van der Waals surface area contributed by atoms with Crippen molar-refractivity contribution in [1.29, 1.82) is 0 Å². The van der Waals surface area contributed by atoms with Gasteiger partial charge < -0.3 is 10.4 Å². The van der Waals surface area contributed by atoms with E-state index in [0.29, 0.717) is 5.56 Å². The third-order valence-electron chi connectivity index (χ3n) is 3.23. The van der Waals surface area contributed by atoms with Crippen LogP contribution in [-0.4, -0.2) is 38.3 Å². The summed E-state index contributed by atoms with van der Waals surface area (Å²) in [6.07, 6.45) is 0. The van der Waals surface area contributed by atoms with Gasteiger partial charge in [0.05, 0.1) is 12.4 Å². The fourth-order valence-corrected chi connectivity index (χ4v) is 3.48. The molecule has 5 nitrogen and oxygen atoms in total. The summed E-state index contributed by atoms with van der Waals surface area (Å²) in [4.78, 5) is 11.4. The first-order valence-electron chi connectivity index (χ1n) is 7.22. The number of carbonyl (C=O) groups excluding carboxylic acids is 1. The van der Waals surface area contributed by atoms with Gasteiger partial charge in [0.2, 0.25) is 5.91 Å². The van der Waals surface area contributed by atoms with Gasteiger partial charge in [0.25, 0.3) is 0 Å². The van der Waals surface area contributed by atoms with Crippen LogP contribution in [0.4, 0.5) is 0 Å². The molecule has 1 amide bonds. The lowest BCUT2D eigenvalue weighted by molar-refractivity contribution is -0.118. The summed E-state index contributed by atoms with van der Waals surface area (Å²) >= 11 is 0. The molecule has 0 saturated carbocycles. The number of nitrogens with one attached hydrogen (secondary N) is 1. The van der Waals surface area contributed by atoms with Crippen LogP contribution in [0, 0.1) is 0 Å². The maximum absolute atomic E-state index is 12.0. The summed E-state index contributed by atoms with van der Waals surface area (Å²) in [6, 6.07) is 17.0. The molecule has 0 heterocycles. The number of hydrogen-bond acceptors (Lipinski definition) is 4. The minimum Gasteiger partial charge on any atom is -0.395 e. The number of carbonyl (C=O) groups is 1. The molecule has 0 bridgehead atoms.